The molecule has 0 unspecified atom stereocenters. The van der Waals surface area contributed by atoms with Gasteiger partial charge < -0.3 is 10.1 Å². The predicted molar refractivity (Wildman–Crippen MR) is 105 cm³/mol. The third-order valence-corrected chi connectivity index (χ3v) is 5.18. The lowest BCUT2D eigenvalue weighted by Gasteiger charge is -2.12. The molecule has 0 aliphatic heterocycles. The second-order valence-electron chi connectivity index (χ2n) is 6.03. The summed E-state index contributed by atoms with van der Waals surface area (Å²) in [6.07, 6.45) is 0. The lowest BCUT2D eigenvalue weighted by Crippen LogP contribution is -2.14. The van der Waals surface area contributed by atoms with E-state index in [0.717, 1.165) is 26.9 Å². The van der Waals surface area contributed by atoms with E-state index in [1.807, 2.05) is 50.2 Å². The highest BCUT2D eigenvalue weighted by molar-refractivity contribution is 7.19. The van der Waals surface area contributed by atoms with Crippen molar-refractivity contribution in [1.29, 1.82) is 0 Å². The van der Waals surface area contributed by atoms with Gasteiger partial charge in [-0.2, -0.15) is 9.61 Å². The summed E-state index contributed by atoms with van der Waals surface area (Å²) < 4.78 is 7.11. The Labute approximate surface area is 159 Å². The molecule has 0 bridgehead atoms. The normalized spacial score (nSPS) is 10.9. The first kappa shape index (κ1) is 17.2. The van der Waals surface area contributed by atoms with Gasteiger partial charge in [-0.15, -0.1) is 10.2 Å². The molecule has 4 aromatic rings. The minimum Gasteiger partial charge on any atom is -0.495 e. The molecule has 0 aliphatic rings. The van der Waals surface area contributed by atoms with Crippen molar-refractivity contribution in [2.45, 2.75) is 13.8 Å². The van der Waals surface area contributed by atoms with Gasteiger partial charge in [0.2, 0.25) is 4.96 Å². The predicted octanol–water partition coefficient (Wildman–Crippen LogP) is 3.73. The maximum atomic E-state index is 12.7. The Morgan fingerprint density at radius 3 is 2.70 bits per heavy atom. The van der Waals surface area contributed by atoms with Crippen molar-refractivity contribution in [2.24, 2.45) is 0 Å². The number of amides is 1. The van der Waals surface area contributed by atoms with E-state index in [2.05, 4.69) is 20.6 Å². The van der Waals surface area contributed by atoms with Crippen LogP contribution < -0.4 is 10.1 Å². The Hall–Kier alpha value is -3.26. The molecule has 27 heavy (non-hydrogen) atoms. The number of aromatic nitrogens is 4. The molecule has 0 aliphatic carbocycles. The minimum atomic E-state index is -0.183. The Balaban J connectivity index is 1.70. The van der Waals surface area contributed by atoms with Crippen LogP contribution in [0.15, 0.2) is 42.5 Å². The fourth-order valence-electron chi connectivity index (χ4n) is 2.79. The zero-order valence-electron chi connectivity index (χ0n) is 15.1. The van der Waals surface area contributed by atoms with Gasteiger partial charge in [-0.1, -0.05) is 29.5 Å². The van der Waals surface area contributed by atoms with Crippen LogP contribution in [0.3, 0.4) is 0 Å². The summed E-state index contributed by atoms with van der Waals surface area (Å²) in [4.78, 5) is 13.4. The fourth-order valence-corrected chi connectivity index (χ4v) is 3.67. The molecule has 0 spiro atoms. The summed E-state index contributed by atoms with van der Waals surface area (Å²) in [6.45, 7) is 3.76. The molecule has 2 aromatic carbocycles. The second-order valence-corrected chi connectivity index (χ2v) is 6.99. The van der Waals surface area contributed by atoms with E-state index in [0.29, 0.717) is 17.0 Å². The molecule has 2 aromatic heterocycles. The summed E-state index contributed by atoms with van der Waals surface area (Å²) in [6, 6.07) is 13.0. The fraction of sp³-hybridized carbons (Fsp3) is 0.158. The molecular weight excluding hydrogens is 362 g/mol. The van der Waals surface area contributed by atoms with Crippen molar-refractivity contribution < 1.29 is 9.53 Å². The van der Waals surface area contributed by atoms with E-state index < -0.39 is 0 Å². The molecule has 0 fully saturated rings. The minimum absolute atomic E-state index is 0.183. The molecule has 0 radical (unpaired) electrons. The van der Waals surface area contributed by atoms with Gasteiger partial charge in [0.15, 0.2) is 5.82 Å². The molecular formula is C19H17N5O2S. The summed E-state index contributed by atoms with van der Waals surface area (Å²) >= 11 is 1.44. The summed E-state index contributed by atoms with van der Waals surface area (Å²) in [5.41, 5.74) is 2.99. The number of nitrogens with one attached hydrogen (secondary N) is 1. The number of fused-ring (bicyclic) bond motifs is 1. The lowest BCUT2D eigenvalue weighted by atomic mass is 10.1. The molecule has 136 valence electrons. The third-order valence-electron chi connectivity index (χ3n) is 4.23. The maximum absolute atomic E-state index is 12.7. The highest BCUT2D eigenvalue weighted by atomic mass is 32.1. The Morgan fingerprint density at radius 1 is 1.15 bits per heavy atom. The van der Waals surface area contributed by atoms with Crippen molar-refractivity contribution in [2.75, 3.05) is 12.4 Å². The van der Waals surface area contributed by atoms with Gasteiger partial charge in [0.25, 0.3) is 5.91 Å². The largest absolute Gasteiger partial charge is 0.495 e. The number of ether oxygens (including phenoxy) is 1. The quantitative estimate of drug-likeness (QED) is 0.584. The van der Waals surface area contributed by atoms with Crippen molar-refractivity contribution in [1.82, 2.24) is 19.8 Å². The summed E-state index contributed by atoms with van der Waals surface area (Å²) in [5.74, 6) is 1.13. The Bertz CT molecular complexity index is 1150. The number of hydrogen-bond donors (Lipinski definition) is 1. The van der Waals surface area contributed by atoms with Gasteiger partial charge in [0.1, 0.15) is 10.8 Å². The average molecular weight is 379 g/mol. The molecule has 1 amide bonds. The number of anilines is 1. The van der Waals surface area contributed by atoms with Crippen molar-refractivity contribution in [3.05, 3.63) is 59.4 Å². The monoisotopic (exact) mass is 379 g/mol. The van der Waals surface area contributed by atoms with Gasteiger partial charge in [-0.25, -0.2) is 0 Å². The lowest BCUT2D eigenvalue weighted by molar-refractivity contribution is 0.102. The number of benzene rings is 2. The van der Waals surface area contributed by atoms with Gasteiger partial charge >= 0.3 is 0 Å². The zero-order chi connectivity index (χ0) is 19.0. The van der Waals surface area contributed by atoms with E-state index in [1.54, 1.807) is 17.7 Å². The van der Waals surface area contributed by atoms with Crippen LogP contribution in [0.2, 0.25) is 0 Å². The van der Waals surface area contributed by atoms with Gasteiger partial charge in [0.05, 0.1) is 12.8 Å². The topological polar surface area (TPSA) is 81.4 Å². The van der Waals surface area contributed by atoms with Crippen LogP contribution in [0.5, 0.6) is 5.75 Å². The molecule has 0 saturated carbocycles. The van der Waals surface area contributed by atoms with E-state index in [-0.39, 0.29) is 5.91 Å². The van der Waals surface area contributed by atoms with E-state index in [9.17, 15) is 4.79 Å². The highest BCUT2D eigenvalue weighted by Crippen LogP contribution is 2.33. The maximum Gasteiger partial charge on any atom is 0.256 e. The smallest absolute Gasteiger partial charge is 0.256 e. The van der Waals surface area contributed by atoms with Crippen molar-refractivity contribution >= 4 is 27.9 Å². The number of methoxy groups -OCH3 is 1. The Morgan fingerprint density at radius 2 is 1.96 bits per heavy atom. The number of hydrogen-bond acceptors (Lipinski definition) is 6. The first-order valence-electron chi connectivity index (χ1n) is 8.31. The summed E-state index contributed by atoms with van der Waals surface area (Å²) in [5, 5.41) is 16.4. The number of nitrogens with zero attached hydrogens (tertiary/aromatic N) is 4. The molecule has 0 saturated heterocycles. The van der Waals surface area contributed by atoms with Crippen LogP contribution in [0.1, 0.15) is 21.7 Å². The first-order chi connectivity index (χ1) is 13.1. The van der Waals surface area contributed by atoms with Crippen LogP contribution in [0.25, 0.3) is 15.5 Å². The highest BCUT2D eigenvalue weighted by Gasteiger charge is 2.15. The van der Waals surface area contributed by atoms with E-state index in [4.69, 9.17) is 4.74 Å². The van der Waals surface area contributed by atoms with Crippen molar-refractivity contribution in [3.63, 3.8) is 0 Å². The van der Waals surface area contributed by atoms with Crippen LogP contribution in [0.4, 0.5) is 5.69 Å². The Kier molecular flexibility index (Phi) is 4.33. The number of carbonyl (C=O) groups excluding carboxylic acids is 1. The van der Waals surface area contributed by atoms with E-state index >= 15 is 0 Å². The SMILES string of the molecule is COc1ccc(-c2nn3c(C)nnc3s2)cc1NC(=O)c1ccccc1C. The van der Waals surface area contributed by atoms with Crippen LogP contribution in [0, 0.1) is 13.8 Å². The van der Waals surface area contributed by atoms with Gasteiger partial charge in [0, 0.05) is 11.1 Å². The molecule has 7 nitrogen and oxygen atoms in total. The first-order valence-corrected chi connectivity index (χ1v) is 9.12. The van der Waals surface area contributed by atoms with Crippen molar-refractivity contribution in [3.8, 4) is 16.3 Å². The zero-order valence-corrected chi connectivity index (χ0v) is 15.9. The molecule has 8 heteroatoms. The van der Waals surface area contributed by atoms with Gasteiger partial charge in [-0.05, 0) is 43.7 Å². The molecule has 2 heterocycles. The standard InChI is InChI=1S/C19H17N5O2S/c1-11-6-4-5-7-14(11)17(25)20-15-10-13(8-9-16(15)26-3)18-23-24-12(2)21-22-19(24)27-18/h4-10H,1-3H3,(H,20,25). The second kappa shape index (κ2) is 6.81. The third kappa shape index (κ3) is 3.15. The molecule has 0 atom stereocenters. The number of rotatable bonds is 4. The molecule has 4 rings (SSSR count). The number of aryl methyl sites for hydroxylation is 2. The van der Waals surface area contributed by atoms with Crippen LogP contribution >= 0.6 is 11.3 Å². The van der Waals surface area contributed by atoms with Crippen LogP contribution in [-0.4, -0.2) is 32.8 Å². The van der Waals surface area contributed by atoms with Crippen LogP contribution in [-0.2, 0) is 0 Å². The molecule has 1 N–H and O–H groups in total. The van der Waals surface area contributed by atoms with Gasteiger partial charge in [-0.3, -0.25) is 4.79 Å². The average Bonchev–Trinajstić information content (AvgIpc) is 3.24. The number of carbonyl (C=O) groups is 1. The van der Waals surface area contributed by atoms with E-state index in [1.165, 1.54) is 11.3 Å². The summed E-state index contributed by atoms with van der Waals surface area (Å²) in [7, 11) is 1.57.